The zero-order valence-corrected chi connectivity index (χ0v) is 12.6. The molecule has 0 bridgehead atoms. The minimum Gasteiger partial charge on any atom is -0.489 e. The first kappa shape index (κ1) is 14.2. The summed E-state index contributed by atoms with van der Waals surface area (Å²) in [6.07, 6.45) is 8.24. The molecular formula is C20H24O. The van der Waals surface area contributed by atoms with Crippen LogP contribution in [0, 0.1) is 5.92 Å². The summed E-state index contributed by atoms with van der Waals surface area (Å²) < 4.78 is 5.89. The van der Waals surface area contributed by atoms with Gasteiger partial charge in [0.1, 0.15) is 12.4 Å². The number of unbranched alkanes of at least 4 members (excludes halogenated alkanes) is 1. The molecule has 0 aliphatic heterocycles. The van der Waals surface area contributed by atoms with E-state index in [2.05, 4.69) is 48.5 Å². The van der Waals surface area contributed by atoms with Crippen molar-refractivity contribution in [2.24, 2.45) is 5.92 Å². The Morgan fingerprint density at radius 1 is 0.857 bits per heavy atom. The molecule has 1 saturated carbocycles. The van der Waals surface area contributed by atoms with Crippen LogP contribution in [0.5, 0.6) is 5.75 Å². The van der Waals surface area contributed by atoms with Gasteiger partial charge in [0.05, 0.1) is 0 Å². The first-order valence-electron chi connectivity index (χ1n) is 8.16. The highest BCUT2D eigenvalue weighted by atomic mass is 16.5. The van der Waals surface area contributed by atoms with Crippen molar-refractivity contribution in [1.29, 1.82) is 0 Å². The van der Waals surface area contributed by atoms with E-state index < -0.39 is 0 Å². The highest BCUT2D eigenvalue weighted by Crippen LogP contribution is 2.34. The summed E-state index contributed by atoms with van der Waals surface area (Å²) in [7, 11) is 0. The topological polar surface area (TPSA) is 9.23 Å². The number of hydrogen-bond acceptors (Lipinski definition) is 1. The molecule has 1 aliphatic carbocycles. The van der Waals surface area contributed by atoms with Gasteiger partial charge in [-0.05, 0) is 42.0 Å². The molecule has 1 aliphatic rings. The van der Waals surface area contributed by atoms with Gasteiger partial charge in [0.2, 0.25) is 0 Å². The first-order valence-corrected chi connectivity index (χ1v) is 8.16. The summed E-state index contributed by atoms with van der Waals surface area (Å²) in [6.45, 7) is 0.645. The number of hydrogen-bond donors (Lipinski definition) is 0. The molecule has 2 aromatic carbocycles. The Kier molecular flexibility index (Phi) is 4.94. The van der Waals surface area contributed by atoms with Crippen LogP contribution in [0.15, 0.2) is 54.6 Å². The molecule has 21 heavy (non-hydrogen) atoms. The molecule has 0 spiro atoms. The summed E-state index contributed by atoms with van der Waals surface area (Å²) >= 11 is 0. The average Bonchev–Trinajstić information content (AvgIpc) is 3.35. The quantitative estimate of drug-likeness (QED) is 0.589. The lowest BCUT2D eigenvalue weighted by Gasteiger charge is -2.08. The van der Waals surface area contributed by atoms with Crippen molar-refractivity contribution in [2.45, 2.75) is 45.1 Å². The molecule has 0 unspecified atom stereocenters. The van der Waals surface area contributed by atoms with Gasteiger partial charge in [-0.15, -0.1) is 0 Å². The van der Waals surface area contributed by atoms with Crippen LogP contribution in [0.3, 0.4) is 0 Å². The first-order chi connectivity index (χ1) is 10.4. The number of aryl methyl sites for hydroxylation is 1. The number of ether oxygens (including phenoxy) is 1. The van der Waals surface area contributed by atoms with Gasteiger partial charge >= 0.3 is 0 Å². The van der Waals surface area contributed by atoms with Crippen molar-refractivity contribution in [3.63, 3.8) is 0 Å². The van der Waals surface area contributed by atoms with E-state index in [9.17, 15) is 0 Å². The molecule has 1 fully saturated rings. The SMILES string of the molecule is c1ccc(COc2cccc(CCCCC3CC3)c2)cc1. The molecule has 0 amide bonds. The smallest absolute Gasteiger partial charge is 0.120 e. The van der Waals surface area contributed by atoms with E-state index in [-0.39, 0.29) is 0 Å². The summed E-state index contributed by atoms with van der Waals surface area (Å²) in [6, 6.07) is 18.9. The summed E-state index contributed by atoms with van der Waals surface area (Å²) in [5.41, 5.74) is 2.61. The van der Waals surface area contributed by atoms with Crippen molar-refractivity contribution in [2.75, 3.05) is 0 Å². The molecular weight excluding hydrogens is 256 g/mol. The third kappa shape index (κ3) is 4.93. The lowest BCUT2D eigenvalue weighted by molar-refractivity contribution is 0.306. The largest absolute Gasteiger partial charge is 0.489 e. The van der Waals surface area contributed by atoms with Gasteiger partial charge < -0.3 is 4.74 Å². The van der Waals surface area contributed by atoms with E-state index in [1.54, 1.807) is 0 Å². The summed E-state index contributed by atoms with van der Waals surface area (Å²) in [5.74, 6) is 2.05. The molecule has 0 aromatic heterocycles. The minimum atomic E-state index is 0.645. The molecule has 0 saturated heterocycles. The maximum atomic E-state index is 5.89. The molecule has 0 radical (unpaired) electrons. The van der Waals surface area contributed by atoms with Crippen LogP contribution in [0.1, 0.15) is 43.2 Å². The molecule has 1 nitrogen and oxygen atoms in total. The Morgan fingerprint density at radius 3 is 2.48 bits per heavy atom. The van der Waals surface area contributed by atoms with Crippen LogP contribution < -0.4 is 4.74 Å². The predicted molar refractivity (Wildman–Crippen MR) is 87.5 cm³/mol. The third-order valence-electron chi connectivity index (χ3n) is 4.17. The number of rotatable bonds is 8. The van der Waals surface area contributed by atoms with Crippen molar-refractivity contribution < 1.29 is 4.74 Å². The molecule has 3 rings (SSSR count). The zero-order chi connectivity index (χ0) is 14.3. The number of benzene rings is 2. The van der Waals surface area contributed by atoms with Crippen LogP contribution in [-0.4, -0.2) is 0 Å². The van der Waals surface area contributed by atoms with Crippen molar-refractivity contribution in [1.82, 2.24) is 0 Å². The normalized spacial score (nSPS) is 14.1. The minimum absolute atomic E-state index is 0.645. The van der Waals surface area contributed by atoms with Crippen molar-refractivity contribution in [3.05, 3.63) is 65.7 Å². The second-order valence-electron chi connectivity index (χ2n) is 6.11. The fourth-order valence-corrected chi connectivity index (χ4v) is 2.70. The van der Waals surface area contributed by atoms with Crippen LogP contribution in [0.25, 0.3) is 0 Å². The Balaban J connectivity index is 1.45. The standard InChI is InChI=1S/C20H24O/c1-2-9-19(10-3-1)16-21-20-12-6-11-18(15-20)8-5-4-7-17-13-14-17/h1-3,6,9-12,15,17H,4-5,7-8,13-14,16H2. The van der Waals surface area contributed by atoms with Gasteiger partial charge in [-0.25, -0.2) is 0 Å². The maximum absolute atomic E-state index is 5.89. The lowest BCUT2D eigenvalue weighted by atomic mass is 10.1. The van der Waals surface area contributed by atoms with Gasteiger partial charge in [-0.3, -0.25) is 0 Å². The second-order valence-corrected chi connectivity index (χ2v) is 6.11. The Hall–Kier alpha value is -1.76. The molecule has 1 heteroatoms. The molecule has 0 N–H and O–H groups in total. The average molecular weight is 280 g/mol. The van der Waals surface area contributed by atoms with Crippen LogP contribution in [0.4, 0.5) is 0 Å². The van der Waals surface area contributed by atoms with Gasteiger partial charge in [0, 0.05) is 0 Å². The van der Waals surface area contributed by atoms with Crippen molar-refractivity contribution in [3.8, 4) is 5.75 Å². The van der Waals surface area contributed by atoms with E-state index in [4.69, 9.17) is 4.74 Å². The van der Waals surface area contributed by atoms with Crippen LogP contribution >= 0.6 is 0 Å². The Morgan fingerprint density at radius 2 is 1.67 bits per heavy atom. The second kappa shape index (κ2) is 7.31. The molecule has 0 heterocycles. The monoisotopic (exact) mass is 280 g/mol. The Labute approximate surface area is 128 Å². The predicted octanol–water partition coefficient (Wildman–Crippen LogP) is 5.39. The van der Waals surface area contributed by atoms with Gasteiger partial charge in [0.15, 0.2) is 0 Å². The summed E-state index contributed by atoms with van der Waals surface area (Å²) in [5, 5.41) is 0. The fourth-order valence-electron chi connectivity index (χ4n) is 2.70. The van der Waals surface area contributed by atoms with Gasteiger partial charge in [-0.2, -0.15) is 0 Å². The molecule has 110 valence electrons. The zero-order valence-electron chi connectivity index (χ0n) is 12.6. The molecule has 0 atom stereocenters. The van der Waals surface area contributed by atoms with E-state index in [0.717, 1.165) is 11.7 Å². The van der Waals surface area contributed by atoms with Crippen LogP contribution in [-0.2, 0) is 13.0 Å². The molecule has 2 aromatic rings. The fraction of sp³-hybridized carbons (Fsp3) is 0.400. The summed E-state index contributed by atoms with van der Waals surface area (Å²) in [4.78, 5) is 0. The Bertz CT molecular complexity index is 543. The third-order valence-corrected chi connectivity index (χ3v) is 4.17. The van der Waals surface area contributed by atoms with E-state index in [1.165, 1.54) is 49.7 Å². The van der Waals surface area contributed by atoms with Crippen molar-refractivity contribution >= 4 is 0 Å². The highest BCUT2D eigenvalue weighted by molar-refractivity contribution is 5.29. The van der Waals surface area contributed by atoms with E-state index >= 15 is 0 Å². The highest BCUT2D eigenvalue weighted by Gasteiger charge is 2.19. The van der Waals surface area contributed by atoms with Gasteiger partial charge in [0.25, 0.3) is 0 Å². The van der Waals surface area contributed by atoms with E-state index in [1.807, 2.05) is 6.07 Å². The van der Waals surface area contributed by atoms with E-state index in [0.29, 0.717) is 6.61 Å². The van der Waals surface area contributed by atoms with Gasteiger partial charge in [-0.1, -0.05) is 68.1 Å². The maximum Gasteiger partial charge on any atom is 0.120 e. The lowest BCUT2D eigenvalue weighted by Crippen LogP contribution is -1.96. The van der Waals surface area contributed by atoms with Crippen LogP contribution in [0.2, 0.25) is 0 Å².